The second kappa shape index (κ2) is 10.6. The van der Waals surface area contributed by atoms with Crippen LogP contribution in [0, 0.1) is 0 Å². The molecule has 2 heterocycles. The maximum atomic E-state index is 11.2. The largest absolute Gasteiger partial charge is 0.478 e. The van der Waals surface area contributed by atoms with Crippen molar-refractivity contribution in [3.63, 3.8) is 0 Å². The molecular weight excluding hydrogens is 416 g/mol. The van der Waals surface area contributed by atoms with E-state index in [4.69, 9.17) is 10.2 Å². The van der Waals surface area contributed by atoms with Crippen molar-refractivity contribution in [2.75, 3.05) is 33.2 Å². The number of carboxylic acid groups (broad SMARTS) is 2. The van der Waals surface area contributed by atoms with Crippen molar-refractivity contribution in [2.24, 2.45) is 0 Å². The van der Waals surface area contributed by atoms with Gasteiger partial charge in [-0.25, -0.2) is 9.59 Å². The van der Waals surface area contributed by atoms with E-state index in [1.54, 1.807) is 11.8 Å². The van der Waals surface area contributed by atoms with Crippen molar-refractivity contribution in [1.82, 2.24) is 9.80 Å². The normalized spacial score (nSPS) is 21.4. The number of nitrogens with zero attached hydrogens (tertiary/aromatic N) is 2. The number of hydrogen-bond donors (Lipinski definition) is 3. The van der Waals surface area contributed by atoms with E-state index in [-0.39, 0.29) is 6.04 Å². The molecule has 2 aromatic carbocycles. The number of carboxylic acids is 2. The predicted octanol–water partition coefficient (Wildman–Crippen LogP) is 2.89. The molecule has 2 aliphatic rings. The monoisotopic (exact) mass is 442 g/mol. The van der Waals surface area contributed by atoms with Crippen LogP contribution in [0.1, 0.15) is 23.3 Å². The van der Waals surface area contributed by atoms with E-state index < -0.39 is 18.0 Å². The fraction of sp³-hybridized carbons (Fsp3) is 0.304. The van der Waals surface area contributed by atoms with Crippen LogP contribution in [0.4, 0.5) is 0 Å². The third-order valence-electron chi connectivity index (χ3n) is 5.29. The molecule has 7 nitrogen and oxygen atoms in total. The molecule has 0 amide bonds. The number of benzene rings is 2. The smallest absolute Gasteiger partial charge is 0.328 e. The number of rotatable bonds is 3. The maximum absolute atomic E-state index is 11.2. The summed E-state index contributed by atoms with van der Waals surface area (Å²) in [6.45, 7) is 4.11. The van der Waals surface area contributed by atoms with Crippen LogP contribution in [0.2, 0.25) is 0 Å². The molecule has 0 spiro atoms. The quantitative estimate of drug-likeness (QED) is 0.624. The lowest BCUT2D eigenvalue weighted by Crippen LogP contribution is -2.47. The van der Waals surface area contributed by atoms with Crippen LogP contribution in [0.25, 0.3) is 0 Å². The second-order valence-corrected chi connectivity index (χ2v) is 8.50. The summed E-state index contributed by atoms with van der Waals surface area (Å²) in [7, 11) is 2.17. The molecule has 2 unspecified atom stereocenters. The Bertz CT molecular complexity index is 940. The van der Waals surface area contributed by atoms with Gasteiger partial charge in [0.25, 0.3) is 0 Å². The van der Waals surface area contributed by atoms with Crippen LogP contribution in [0.5, 0.6) is 0 Å². The van der Waals surface area contributed by atoms with Gasteiger partial charge in [0.2, 0.25) is 0 Å². The van der Waals surface area contributed by atoms with Crippen LogP contribution in [-0.4, -0.2) is 70.3 Å². The van der Waals surface area contributed by atoms with Crippen molar-refractivity contribution in [2.45, 2.75) is 21.9 Å². The summed E-state index contributed by atoms with van der Waals surface area (Å²) in [5.74, 6) is -2.51. The molecule has 0 aliphatic carbocycles. The van der Waals surface area contributed by atoms with E-state index in [2.05, 4.69) is 59.3 Å². The number of likely N-dealkylation sites (N-methyl/N-ethyl adjacent to an activating group) is 1. The lowest BCUT2D eigenvalue weighted by atomic mass is 9.94. The first kappa shape index (κ1) is 23.0. The SMILES string of the molecule is CN1CCN(C2c3ccccc3Sc3ccccc3C2O)CC1.O=C(O)/C=C\C(=O)O. The summed E-state index contributed by atoms with van der Waals surface area (Å²) in [5.41, 5.74) is 2.31. The lowest BCUT2D eigenvalue weighted by molar-refractivity contribution is -0.134. The molecule has 8 heteroatoms. The first-order chi connectivity index (χ1) is 14.9. The molecular formula is C23H26N2O5S. The highest BCUT2D eigenvalue weighted by molar-refractivity contribution is 7.99. The van der Waals surface area contributed by atoms with E-state index in [1.807, 2.05) is 6.07 Å². The van der Waals surface area contributed by atoms with Gasteiger partial charge in [0.05, 0.1) is 12.1 Å². The molecule has 2 aliphatic heterocycles. The number of carbonyl (C=O) groups is 2. The van der Waals surface area contributed by atoms with Gasteiger partial charge in [0, 0.05) is 48.1 Å². The van der Waals surface area contributed by atoms with Gasteiger partial charge in [-0.05, 0) is 30.3 Å². The number of aliphatic hydroxyl groups is 1. The number of aliphatic hydroxyl groups excluding tert-OH is 1. The number of piperazine rings is 1. The van der Waals surface area contributed by atoms with Crippen molar-refractivity contribution >= 4 is 23.7 Å². The molecule has 31 heavy (non-hydrogen) atoms. The van der Waals surface area contributed by atoms with Gasteiger partial charge in [-0.2, -0.15) is 0 Å². The summed E-state index contributed by atoms with van der Waals surface area (Å²) in [6.07, 6.45) is 0.635. The Morgan fingerprint density at radius 1 is 0.871 bits per heavy atom. The molecule has 0 bridgehead atoms. The van der Waals surface area contributed by atoms with E-state index >= 15 is 0 Å². The molecule has 164 valence electrons. The first-order valence-electron chi connectivity index (χ1n) is 9.97. The third kappa shape index (κ3) is 5.95. The average molecular weight is 443 g/mol. The highest BCUT2D eigenvalue weighted by Gasteiger charge is 2.35. The molecule has 1 saturated heterocycles. The summed E-state index contributed by atoms with van der Waals surface area (Å²) in [5, 5.41) is 26.8. The fourth-order valence-corrected chi connectivity index (χ4v) is 4.88. The molecule has 3 N–H and O–H groups in total. The maximum Gasteiger partial charge on any atom is 0.328 e. The highest BCUT2D eigenvalue weighted by atomic mass is 32.2. The van der Waals surface area contributed by atoms with Gasteiger partial charge in [-0.1, -0.05) is 48.2 Å². The standard InChI is InChI=1S/C19H22N2OS.C4H4O4/c1-20-10-12-21(13-11-20)18-14-6-2-4-8-16(14)23-17-9-5-3-7-15(17)19(18)22;5-3(6)1-2-4(7)8/h2-9,18-19,22H,10-13H2,1H3;1-2H,(H,5,6)(H,7,8)/b;2-1-. The third-order valence-corrected chi connectivity index (χ3v) is 6.48. The zero-order valence-corrected chi connectivity index (χ0v) is 18.0. The Morgan fingerprint density at radius 3 is 1.90 bits per heavy atom. The molecule has 2 atom stereocenters. The summed E-state index contributed by atoms with van der Waals surface area (Å²) >= 11 is 1.78. The van der Waals surface area contributed by atoms with Gasteiger partial charge in [-0.3, -0.25) is 4.90 Å². The number of aliphatic carboxylic acids is 2. The Morgan fingerprint density at radius 2 is 1.35 bits per heavy atom. The van der Waals surface area contributed by atoms with Gasteiger partial charge >= 0.3 is 11.9 Å². The van der Waals surface area contributed by atoms with Crippen LogP contribution in [0.3, 0.4) is 0 Å². The molecule has 0 aromatic heterocycles. The number of fused-ring (bicyclic) bond motifs is 2. The molecule has 2 aromatic rings. The minimum absolute atomic E-state index is 0.0380. The fourth-order valence-electron chi connectivity index (χ4n) is 3.73. The van der Waals surface area contributed by atoms with E-state index in [0.29, 0.717) is 12.2 Å². The van der Waals surface area contributed by atoms with Gasteiger partial charge in [-0.15, -0.1) is 0 Å². The van der Waals surface area contributed by atoms with Crippen LogP contribution in [0.15, 0.2) is 70.5 Å². The Hall–Kier alpha value is -2.65. The Balaban J connectivity index is 0.000000293. The Labute approximate surface area is 185 Å². The minimum atomic E-state index is -1.26. The van der Waals surface area contributed by atoms with Gasteiger partial charge in [0.1, 0.15) is 0 Å². The highest BCUT2D eigenvalue weighted by Crippen LogP contribution is 2.47. The van der Waals surface area contributed by atoms with Crippen molar-refractivity contribution in [3.8, 4) is 0 Å². The molecule has 1 fully saturated rings. The molecule has 0 radical (unpaired) electrons. The van der Waals surface area contributed by atoms with Crippen molar-refractivity contribution in [3.05, 3.63) is 71.8 Å². The van der Waals surface area contributed by atoms with Crippen molar-refractivity contribution < 1.29 is 24.9 Å². The summed E-state index contributed by atoms with van der Waals surface area (Å²) in [4.78, 5) is 26.3. The van der Waals surface area contributed by atoms with Crippen LogP contribution >= 0.6 is 11.8 Å². The molecule has 0 saturated carbocycles. The summed E-state index contributed by atoms with van der Waals surface area (Å²) < 4.78 is 0. The van der Waals surface area contributed by atoms with E-state index in [9.17, 15) is 14.7 Å². The molecule has 4 rings (SSSR count). The Kier molecular flexibility index (Phi) is 7.86. The first-order valence-corrected chi connectivity index (χ1v) is 10.8. The zero-order chi connectivity index (χ0) is 22.4. The van der Waals surface area contributed by atoms with Crippen LogP contribution < -0.4 is 0 Å². The summed E-state index contributed by atoms with van der Waals surface area (Å²) in [6, 6.07) is 16.8. The van der Waals surface area contributed by atoms with Gasteiger partial charge in [0.15, 0.2) is 0 Å². The second-order valence-electron chi connectivity index (χ2n) is 7.42. The van der Waals surface area contributed by atoms with Crippen molar-refractivity contribution in [1.29, 1.82) is 0 Å². The van der Waals surface area contributed by atoms with Gasteiger partial charge < -0.3 is 20.2 Å². The lowest BCUT2D eigenvalue weighted by Gasteiger charge is -2.40. The van der Waals surface area contributed by atoms with E-state index in [1.165, 1.54) is 15.4 Å². The predicted molar refractivity (Wildman–Crippen MR) is 118 cm³/mol. The number of hydrogen-bond acceptors (Lipinski definition) is 6. The average Bonchev–Trinajstić information content (AvgIpc) is 2.87. The minimum Gasteiger partial charge on any atom is -0.478 e. The van der Waals surface area contributed by atoms with E-state index in [0.717, 1.165) is 31.7 Å². The topological polar surface area (TPSA) is 101 Å². The van der Waals surface area contributed by atoms with Crippen LogP contribution in [-0.2, 0) is 9.59 Å². The zero-order valence-electron chi connectivity index (χ0n) is 17.2.